The minimum Gasteiger partial charge on any atom is -0.754 e. The molecule has 0 saturated carbocycles. The van der Waals surface area contributed by atoms with Crippen molar-refractivity contribution in [2.45, 2.75) is 64.3 Å². The molecule has 300 valence electrons. The molecule has 3 fully saturated rings. The summed E-state index contributed by atoms with van der Waals surface area (Å²) in [4.78, 5) is 40.7. The number of fused-ring (bicyclic) bond motifs is 1. The van der Waals surface area contributed by atoms with E-state index in [1.165, 1.54) is 6.20 Å². The van der Waals surface area contributed by atoms with Crippen LogP contribution in [0, 0.1) is 11.6 Å². The Labute approximate surface area is 327 Å². The van der Waals surface area contributed by atoms with E-state index in [0.29, 0.717) is 33.6 Å². The van der Waals surface area contributed by atoms with Crippen molar-refractivity contribution in [1.82, 2.24) is 24.8 Å². The Balaban J connectivity index is 1.01. The van der Waals surface area contributed by atoms with E-state index >= 15 is 8.78 Å². The summed E-state index contributed by atoms with van der Waals surface area (Å²) < 4.78 is 75.4. The van der Waals surface area contributed by atoms with Gasteiger partial charge in [0.15, 0.2) is 5.82 Å². The van der Waals surface area contributed by atoms with E-state index in [1.54, 1.807) is 12.3 Å². The molecule has 0 bridgehead atoms. The number of anilines is 2. The van der Waals surface area contributed by atoms with Crippen LogP contribution in [0.5, 0.6) is 0 Å². The molecule has 2 aromatic carbocycles. The predicted octanol–water partition coefficient (Wildman–Crippen LogP) is 5.62. The third-order valence-electron chi connectivity index (χ3n) is 10.7. The average Bonchev–Trinajstić information content (AvgIpc) is 3.71. The number of pyridine rings is 1. The second-order valence-electron chi connectivity index (χ2n) is 15.7. The van der Waals surface area contributed by atoms with Crippen molar-refractivity contribution >= 4 is 45.4 Å². The first kappa shape index (κ1) is 39.9. The first-order valence-corrected chi connectivity index (χ1v) is 20.1. The largest absolute Gasteiger partial charge is 0.754 e. The number of H-pyrrole nitrogens is 1. The highest BCUT2D eigenvalue weighted by molar-refractivity contribution is 7.80. The number of halogens is 3. The van der Waals surface area contributed by atoms with Gasteiger partial charge in [-0.25, -0.2) is 27.6 Å². The summed E-state index contributed by atoms with van der Waals surface area (Å²) in [5.41, 5.74) is 0.922. The summed E-state index contributed by atoms with van der Waals surface area (Å²) in [5.74, 6) is -3.70. The Morgan fingerprint density at radius 2 is 1.73 bits per heavy atom. The molecule has 0 amide bonds. The Hall–Kier alpha value is -4.35. The van der Waals surface area contributed by atoms with Crippen LogP contribution in [0.1, 0.15) is 62.4 Å². The lowest BCUT2D eigenvalue weighted by Crippen LogP contribution is -2.46. The minimum atomic E-state index is -3.06. The molecule has 3 saturated heterocycles. The number of hydrogen-bond acceptors (Lipinski definition) is 10. The lowest BCUT2D eigenvalue weighted by Gasteiger charge is -2.39. The zero-order valence-electron chi connectivity index (χ0n) is 31.8. The van der Waals surface area contributed by atoms with Crippen molar-refractivity contribution in [2.75, 3.05) is 68.2 Å². The number of piperidine rings is 1. The topological polar surface area (TPSA) is 128 Å². The molecule has 3 aliphatic heterocycles. The van der Waals surface area contributed by atoms with Gasteiger partial charge in [-0.15, -0.1) is 0 Å². The summed E-state index contributed by atoms with van der Waals surface area (Å²) in [7, 11) is 0. The lowest BCUT2D eigenvalue weighted by molar-refractivity contribution is -0.156. The highest BCUT2D eigenvalue weighted by atomic mass is 32.2. The number of benzene rings is 2. The van der Waals surface area contributed by atoms with Gasteiger partial charge in [-0.3, -0.25) is 23.6 Å². The molecule has 0 spiro atoms. The van der Waals surface area contributed by atoms with Crippen LogP contribution in [0.2, 0.25) is 0 Å². The van der Waals surface area contributed by atoms with Crippen LogP contribution in [-0.4, -0.2) is 122 Å². The molecule has 12 nitrogen and oxygen atoms in total. The fourth-order valence-electron chi connectivity index (χ4n) is 8.00. The molecule has 3 aliphatic rings. The van der Waals surface area contributed by atoms with Crippen LogP contribution in [-0.2, 0) is 20.8 Å². The van der Waals surface area contributed by atoms with Gasteiger partial charge in [0, 0.05) is 79.9 Å². The maximum atomic E-state index is 16.0. The number of ether oxygens (including phenoxy) is 1. The Morgan fingerprint density at radius 1 is 0.982 bits per heavy atom. The van der Waals surface area contributed by atoms with E-state index in [4.69, 9.17) is 4.74 Å². The van der Waals surface area contributed by atoms with E-state index < -0.39 is 51.7 Å². The summed E-state index contributed by atoms with van der Waals surface area (Å²) >= 11 is -3.06. The second-order valence-corrected chi connectivity index (χ2v) is 16.5. The number of carbonyl (C=O) groups excluding carboxylic acids is 2. The van der Waals surface area contributed by atoms with Gasteiger partial charge in [-0.1, -0.05) is 12.1 Å². The number of hydrazine groups is 1. The average molecular weight is 795 g/mol. The van der Waals surface area contributed by atoms with Crippen molar-refractivity contribution in [3.63, 3.8) is 0 Å². The molecule has 5 heterocycles. The number of nitrogens with zero attached hydrogens (tertiary/aromatic N) is 6. The predicted molar refractivity (Wildman–Crippen MR) is 208 cm³/mol. The van der Waals surface area contributed by atoms with Crippen molar-refractivity contribution in [2.24, 2.45) is 0 Å². The molecule has 0 radical (unpaired) electrons. The second kappa shape index (κ2) is 16.6. The fraction of sp³-hybridized carbons (Fsp3) is 0.475. The molecule has 16 heteroatoms. The van der Waals surface area contributed by atoms with E-state index in [0.717, 1.165) is 86.9 Å². The lowest BCUT2D eigenvalue weighted by atomic mass is 9.99. The normalized spacial score (nSPS) is 20.0. The number of ketones is 1. The van der Waals surface area contributed by atoms with Crippen molar-refractivity contribution in [1.29, 1.82) is 0 Å². The third kappa shape index (κ3) is 8.79. The zero-order valence-corrected chi connectivity index (χ0v) is 32.6. The van der Waals surface area contributed by atoms with Crippen molar-refractivity contribution in [3.8, 4) is 11.1 Å². The Bertz CT molecular complexity index is 2090. The minimum absolute atomic E-state index is 0.00433. The first-order chi connectivity index (χ1) is 26.8. The molecular formula is C40H47F3N7O5S-. The number of aromatic nitrogens is 2. The van der Waals surface area contributed by atoms with Crippen LogP contribution >= 0.6 is 0 Å². The Morgan fingerprint density at radius 3 is 2.41 bits per heavy atom. The van der Waals surface area contributed by atoms with Crippen LogP contribution < -0.4 is 9.31 Å². The molecular weight excluding hydrogens is 748 g/mol. The van der Waals surface area contributed by atoms with Gasteiger partial charge in [0.1, 0.15) is 28.9 Å². The SMILES string of the molecule is CC(C)(C)OC(=O)CN1CCCN(C2CCN(c3ccc(-c4cnc5[nH]cc(C(=O)c6c(F)ccc(N(N7CC[C@@H](F)C7)S(=O)[O-])c6F)c5c4)cc3)CC2)CC1. The van der Waals surface area contributed by atoms with Gasteiger partial charge in [0.05, 0.1) is 29.9 Å². The number of aromatic amines is 1. The summed E-state index contributed by atoms with van der Waals surface area (Å²) in [6, 6.07) is 12.0. The third-order valence-corrected chi connectivity index (χ3v) is 11.4. The van der Waals surface area contributed by atoms with Gasteiger partial charge in [-0.2, -0.15) is 0 Å². The van der Waals surface area contributed by atoms with Gasteiger partial charge in [0.25, 0.3) is 0 Å². The molecule has 2 aromatic heterocycles. The number of carbonyl (C=O) groups is 2. The Kier molecular flexibility index (Phi) is 11.8. The highest BCUT2D eigenvalue weighted by Crippen LogP contribution is 2.33. The summed E-state index contributed by atoms with van der Waals surface area (Å²) in [6.07, 6.45) is 4.80. The number of hydrogen-bond donors (Lipinski definition) is 1. The molecule has 1 N–H and O–H groups in total. The maximum Gasteiger partial charge on any atom is 0.320 e. The van der Waals surface area contributed by atoms with Crippen molar-refractivity contribution in [3.05, 3.63) is 77.6 Å². The number of nitrogens with one attached hydrogen (secondary N) is 1. The number of alkyl halides is 1. The monoisotopic (exact) mass is 794 g/mol. The standard InChI is InChI=1S/C40H48F3N7O5S/c1-40(2,3)55-35(51)25-46-14-4-15-47(20-19-46)30-12-16-48(17-13-30)29-7-5-26(6-8-29)27-21-31-32(23-45-39(31)44-22-27)38(52)36-33(42)9-10-34(37(36)43)50(56(53)54)49-18-11-28(41)24-49/h5-10,21-23,28,30H,4,11-20,24-25H2,1-3H3,(H,44,45)(H,53,54)/p-1/t28-/m1/s1. The molecule has 7 rings (SSSR count). The molecule has 4 aromatic rings. The van der Waals surface area contributed by atoms with Gasteiger partial charge in [-0.05, 0) is 88.9 Å². The van der Waals surface area contributed by atoms with Crippen LogP contribution in [0.3, 0.4) is 0 Å². The van der Waals surface area contributed by atoms with Crippen LogP contribution in [0.15, 0.2) is 54.9 Å². The first-order valence-electron chi connectivity index (χ1n) is 19.1. The molecule has 2 atom stereocenters. The molecule has 1 unspecified atom stereocenters. The van der Waals surface area contributed by atoms with E-state index in [2.05, 4.69) is 36.8 Å². The number of rotatable bonds is 10. The highest BCUT2D eigenvalue weighted by Gasteiger charge is 2.33. The summed E-state index contributed by atoms with van der Waals surface area (Å²) in [6.45, 7) is 11.2. The van der Waals surface area contributed by atoms with Crippen LogP contribution in [0.25, 0.3) is 22.2 Å². The van der Waals surface area contributed by atoms with Gasteiger partial charge < -0.3 is 19.2 Å². The van der Waals surface area contributed by atoms with Gasteiger partial charge in [0.2, 0.25) is 5.78 Å². The maximum absolute atomic E-state index is 16.0. The smallest absolute Gasteiger partial charge is 0.320 e. The van der Waals surface area contributed by atoms with E-state index in [-0.39, 0.29) is 31.0 Å². The van der Waals surface area contributed by atoms with Crippen molar-refractivity contribution < 1.29 is 36.3 Å². The summed E-state index contributed by atoms with van der Waals surface area (Å²) in [5, 5.41) is 1.45. The molecule has 56 heavy (non-hydrogen) atoms. The zero-order chi connectivity index (χ0) is 39.7. The fourth-order valence-corrected chi connectivity index (χ4v) is 8.64. The quantitative estimate of drug-likeness (QED) is 0.123. The molecule has 0 aliphatic carbocycles. The van der Waals surface area contributed by atoms with Crippen LogP contribution in [0.4, 0.5) is 24.5 Å². The number of esters is 1. The van der Waals surface area contributed by atoms with E-state index in [1.807, 2.05) is 32.9 Å². The van der Waals surface area contributed by atoms with Gasteiger partial charge >= 0.3 is 5.97 Å². The van der Waals surface area contributed by atoms with E-state index in [9.17, 15) is 22.7 Å².